The molecule has 0 unspecified atom stereocenters. The molecule has 0 aromatic heterocycles. The predicted molar refractivity (Wildman–Crippen MR) is 109 cm³/mol. The van der Waals surface area contributed by atoms with Crippen LogP contribution in [0.25, 0.3) is 0 Å². The monoisotopic (exact) mass is 383 g/mol. The lowest BCUT2D eigenvalue weighted by atomic mass is 10.2. The molecule has 2 amide bonds. The Morgan fingerprint density at radius 3 is 2.56 bits per heavy atom. The number of hydrogen-bond donors (Lipinski definition) is 2. The molecule has 1 atom stereocenters. The summed E-state index contributed by atoms with van der Waals surface area (Å²) in [5.74, 6) is 0.328. The number of aliphatic imine (C=N–C) groups is 1. The molecule has 0 saturated carbocycles. The predicted octanol–water partition coefficient (Wildman–Crippen LogP) is 3.64. The minimum Gasteiger partial charge on any atom is -0.494 e. The standard InChI is InChI=1S/C20H21N3O3S/c1-3-26-16-10-8-14(9-11-16)21-18(24)12-17-19(25)23-20(27-17)22-15-6-4-13(2)5-7-15/h4-11,17H,3,12H2,1-2H3,(H,21,24)(H,22,23,25)/t17-/m1/s1. The number of nitrogens with zero attached hydrogens (tertiary/aromatic N) is 1. The molecule has 2 N–H and O–H groups in total. The number of carbonyl (C=O) groups excluding carboxylic acids is 2. The molecule has 6 nitrogen and oxygen atoms in total. The van der Waals surface area contributed by atoms with Crippen LogP contribution in [0.1, 0.15) is 18.9 Å². The summed E-state index contributed by atoms with van der Waals surface area (Å²) < 4.78 is 5.37. The molecule has 1 aliphatic rings. The molecule has 7 heteroatoms. The average molecular weight is 383 g/mol. The summed E-state index contributed by atoms with van der Waals surface area (Å²) >= 11 is 1.27. The molecule has 1 saturated heterocycles. The van der Waals surface area contributed by atoms with E-state index in [1.165, 1.54) is 11.8 Å². The van der Waals surface area contributed by atoms with Crippen molar-refractivity contribution < 1.29 is 14.3 Å². The van der Waals surface area contributed by atoms with Crippen LogP contribution in [0.3, 0.4) is 0 Å². The summed E-state index contributed by atoms with van der Waals surface area (Å²) in [5.41, 5.74) is 2.58. The molecular formula is C20H21N3O3S. The molecule has 2 aromatic rings. The Hall–Kier alpha value is -2.80. The molecular weight excluding hydrogens is 362 g/mol. The number of hydrogen-bond acceptors (Lipinski definition) is 5. The summed E-state index contributed by atoms with van der Waals surface area (Å²) in [4.78, 5) is 28.8. The lowest BCUT2D eigenvalue weighted by Crippen LogP contribution is -2.28. The van der Waals surface area contributed by atoms with Gasteiger partial charge in [0, 0.05) is 12.1 Å². The number of carbonyl (C=O) groups is 2. The van der Waals surface area contributed by atoms with Crippen LogP contribution in [-0.4, -0.2) is 28.8 Å². The smallest absolute Gasteiger partial charge is 0.240 e. The fraction of sp³-hybridized carbons (Fsp3) is 0.250. The third-order valence-corrected chi connectivity index (χ3v) is 4.94. The molecule has 1 aliphatic heterocycles. The SMILES string of the molecule is CCOc1ccc(NC(=O)C[C@H]2SC(=Nc3ccc(C)cc3)NC2=O)cc1. The van der Waals surface area contributed by atoms with Crippen molar-refractivity contribution in [1.82, 2.24) is 5.32 Å². The highest BCUT2D eigenvalue weighted by Crippen LogP contribution is 2.26. The molecule has 3 rings (SSSR count). The number of rotatable bonds is 6. The van der Waals surface area contributed by atoms with Crippen LogP contribution in [0.4, 0.5) is 11.4 Å². The second-order valence-electron chi connectivity index (χ2n) is 6.06. The normalized spacial score (nSPS) is 17.6. The molecule has 0 spiro atoms. The topological polar surface area (TPSA) is 79.8 Å². The number of anilines is 1. The third kappa shape index (κ3) is 5.34. The van der Waals surface area contributed by atoms with Crippen LogP contribution in [0.5, 0.6) is 5.75 Å². The highest BCUT2D eigenvalue weighted by molar-refractivity contribution is 8.15. The van der Waals surface area contributed by atoms with Crippen LogP contribution >= 0.6 is 11.8 Å². The van der Waals surface area contributed by atoms with E-state index < -0.39 is 5.25 Å². The van der Waals surface area contributed by atoms with Crippen molar-refractivity contribution in [2.24, 2.45) is 4.99 Å². The summed E-state index contributed by atoms with van der Waals surface area (Å²) in [5, 5.41) is 5.56. The lowest BCUT2D eigenvalue weighted by Gasteiger charge is -2.08. The maximum Gasteiger partial charge on any atom is 0.240 e. The van der Waals surface area contributed by atoms with Gasteiger partial charge in [-0.3, -0.25) is 9.59 Å². The van der Waals surface area contributed by atoms with Crippen LogP contribution in [0, 0.1) is 6.92 Å². The first-order valence-electron chi connectivity index (χ1n) is 8.69. The molecule has 0 bridgehead atoms. The number of ether oxygens (including phenoxy) is 1. The van der Waals surface area contributed by atoms with E-state index in [-0.39, 0.29) is 18.2 Å². The zero-order chi connectivity index (χ0) is 19.2. The number of amidine groups is 1. The van der Waals surface area contributed by atoms with Crippen molar-refractivity contribution in [3.05, 3.63) is 54.1 Å². The first-order chi connectivity index (χ1) is 13.0. The Morgan fingerprint density at radius 2 is 1.89 bits per heavy atom. The second-order valence-corrected chi connectivity index (χ2v) is 7.25. The Bertz CT molecular complexity index is 848. The molecule has 2 aromatic carbocycles. The average Bonchev–Trinajstić information content (AvgIpc) is 2.98. The van der Waals surface area contributed by atoms with E-state index in [0.717, 1.165) is 17.0 Å². The number of aryl methyl sites for hydroxylation is 1. The fourth-order valence-corrected chi connectivity index (χ4v) is 3.50. The van der Waals surface area contributed by atoms with Crippen molar-refractivity contribution >= 4 is 40.1 Å². The first-order valence-corrected chi connectivity index (χ1v) is 9.57. The maximum absolute atomic E-state index is 12.3. The van der Waals surface area contributed by atoms with Crippen molar-refractivity contribution in [1.29, 1.82) is 0 Å². The maximum atomic E-state index is 12.3. The van der Waals surface area contributed by atoms with E-state index >= 15 is 0 Å². The van der Waals surface area contributed by atoms with Gasteiger partial charge in [0.15, 0.2) is 5.17 Å². The van der Waals surface area contributed by atoms with Crippen LogP contribution in [0.15, 0.2) is 53.5 Å². The summed E-state index contributed by atoms with van der Waals surface area (Å²) in [6.07, 6.45) is 0.0800. The van der Waals surface area contributed by atoms with Gasteiger partial charge in [-0.1, -0.05) is 29.5 Å². The summed E-state index contributed by atoms with van der Waals surface area (Å²) in [7, 11) is 0. The minimum absolute atomic E-state index is 0.0800. The molecule has 1 heterocycles. The number of thioether (sulfide) groups is 1. The van der Waals surface area contributed by atoms with Gasteiger partial charge in [0.1, 0.15) is 11.0 Å². The van der Waals surface area contributed by atoms with E-state index in [1.54, 1.807) is 24.3 Å². The summed E-state index contributed by atoms with van der Waals surface area (Å²) in [6.45, 7) is 4.50. The van der Waals surface area contributed by atoms with Crippen LogP contribution < -0.4 is 15.4 Å². The highest BCUT2D eigenvalue weighted by Gasteiger charge is 2.32. The number of benzene rings is 2. The van der Waals surface area contributed by atoms with Crippen LogP contribution in [-0.2, 0) is 9.59 Å². The van der Waals surface area contributed by atoms with Crippen molar-refractivity contribution in [2.45, 2.75) is 25.5 Å². The van der Waals surface area contributed by atoms with Gasteiger partial charge in [0.25, 0.3) is 0 Å². The van der Waals surface area contributed by atoms with Gasteiger partial charge in [-0.15, -0.1) is 0 Å². The van der Waals surface area contributed by atoms with E-state index in [2.05, 4.69) is 15.6 Å². The third-order valence-electron chi connectivity index (χ3n) is 3.86. The molecule has 140 valence electrons. The van der Waals surface area contributed by atoms with E-state index in [9.17, 15) is 9.59 Å². The van der Waals surface area contributed by atoms with Gasteiger partial charge < -0.3 is 15.4 Å². The first kappa shape index (κ1) is 19.0. The summed E-state index contributed by atoms with van der Waals surface area (Å²) in [6, 6.07) is 14.8. The highest BCUT2D eigenvalue weighted by atomic mass is 32.2. The van der Waals surface area contributed by atoms with Crippen molar-refractivity contribution in [3.63, 3.8) is 0 Å². The number of nitrogens with one attached hydrogen (secondary N) is 2. The Kier molecular flexibility index (Phi) is 6.13. The Morgan fingerprint density at radius 1 is 1.19 bits per heavy atom. The van der Waals surface area contributed by atoms with Gasteiger partial charge in [-0.05, 0) is 50.2 Å². The Labute approximate surface area is 162 Å². The van der Waals surface area contributed by atoms with E-state index in [4.69, 9.17) is 4.74 Å². The Balaban J connectivity index is 1.56. The van der Waals surface area contributed by atoms with Crippen molar-refractivity contribution in [2.75, 3.05) is 11.9 Å². The molecule has 27 heavy (non-hydrogen) atoms. The van der Waals surface area contributed by atoms with E-state index in [0.29, 0.717) is 17.5 Å². The molecule has 0 radical (unpaired) electrons. The molecule has 0 aliphatic carbocycles. The van der Waals surface area contributed by atoms with Gasteiger partial charge in [-0.2, -0.15) is 0 Å². The minimum atomic E-state index is -0.489. The zero-order valence-electron chi connectivity index (χ0n) is 15.2. The zero-order valence-corrected chi connectivity index (χ0v) is 16.0. The number of amides is 2. The lowest BCUT2D eigenvalue weighted by molar-refractivity contribution is -0.122. The van der Waals surface area contributed by atoms with E-state index in [1.807, 2.05) is 38.1 Å². The largest absolute Gasteiger partial charge is 0.494 e. The van der Waals surface area contributed by atoms with Gasteiger partial charge in [-0.25, -0.2) is 4.99 Å². The van der Waals surface area contributed by atoms with Crippen LogP contribution in [0.2, 0.25) is 0 Å². The fourth-order valence-electron chi connectivity index (χ4n) is 2.51. The second kappa shape index (κ2) is 8.73. The van der Waals surface area contributed by atoms with Gasteiger partial charge in [0.05, 0.1) is 12.3 Å². The quantitative estimate of drug-likeness (QED) is 0.798. The molecule has 1 fully saturated rings. The van der Waals surface area contributed by atoms with Crippen molar-refractivity contribution in [3.8, 4) is 5.75 Å². The van der Waals surface area contributed by atoms with Gasteiger partial charge >= 0.3 is 0 Å². The van der Waals surface area contributed by atoms with Gasteiger partial charge in [0.2, 0.25) is 11.8 Å².